The number of rotatable bonds is 13. The van der Waals surface area contributed by atoms with Gasteiger partial charge in [-0.25, -0.2) is 0 Å². The Labute approximate surface area is 343 Å². The van der Waals surface area contributed by atoms with Crippen LogP contribution < -0.4 is 5.32 Å². The Hall–Kier alpha value is -5.37. The van der Waals surface area contributed by atoms with Gasteiger partial charge in [0.1, 0.15) is 41.2 Å². The first-order valence-corrected chi connectivity index (χ1v) is 20.2. The van der Waals surface area contributed by atoms with E-state index in [9.17, 15) is 24.6 Å². The Morgan fingerprint density at radius 1 is 0.915 bits per heavy atom. The van der Waals surface area contributed by atoms with E-state index in [1.807, 2.05) is 109 Å². The van der Waals surface area contributed by atoms with Gasteiger partial charge in [-0.1, -0.05) is 115 Å². The number of hydrogen-bond donors (Lipinski definition) is 3. The molecule has 0 spiro atoms. The Kier molecular flexibility index (Phi) is 11.2. The van der Waals surface area contributed by atoms with Crippen LogP contribution in [-0.4, -0.2) is 81.8 Å². The third-order valence-corrected chi connectivity index (χ3v) is 11.5. The number of para-hydroxylation sites is 1. The van der Waals surface area contributed by atoms with E-state index < -0.39 is 77.8 Å². The Bertz CT molecular complexity index is 2130. The third kappa shape index (κ3) is 7.91. The summed E-state index contributed by atoms with van der Waals surface area (Å²) in [4.78, 5) is 48.7. The maximum atomic E-state index is 15.0. The van der Waals surface area contributed by atoms with Crippen molar-refractivity contribution >= 4 is 23.9 Å². The highest BCUT2D eigenvalue weighted by atomic mass is 16.8. The van der Waals surface area contributed by atoms with Gasteiger partial charge < -0.3 is 34.5 Å². The van der Waals surface area contributed by atoms with Crippen molar-refractivity contribution in [1.82, 2.24) is 10.4 Å². The van der Waals surface area contributed by atoms with Crippen molar-refractivity contribution in [1.29, 1.82) is 0 Å². The molecule has 12 heteroatoms. The molecule has 1 amide bonds. The zero-order valence-corrected chi connectivity index (χ0v) is 33.4. The number of nitrogens with one attached hydrogen (secondary N) is 1. The number of benzene rings is 4. The molecule has 2 bridgehead atoms. The fourth-order valence-corrected chi connectivity index (χ4v) is 8.82. The van der Waals surface area contributed by atoms with Gasteiger partial charge in [0.15, 0.2) is 6.04 Å². The standard InChI is InChI=1S/C47H50N2O10/c1-45(2,3)56-38(52)26-25-35(29-50)48-44(54)46-27-37-39-40(58-47(57-39,33-16-6-4-7-17-33)34-18-8-5-9-19-34)42(46)59-49(41(46)43(53)55-37)28-31-23-21-30(22-24-31)13-12-15-32-14-10-11-20-36(32)51/h4-14,16-24,35,37,39-42,50-51H,15,25-29H2,1-3H3,(H,48,54). The van der Waals surface area contributed by atoms with Crippen LogP contribution in [0.15, 0.2) is 115 Å². The number of carbonyl (C=O) groups excluding carboxylic acids is 3. The largest absolute Gasteiger partial charge is 0.508 e. The first-order chi connectivity index (χ1) is 28.4. The highest BCUT2D eigenvalue weighted by Gasteiger charge is 2.76. The molecule has 7 unspecified atom stereocenters. The second kappa shape index (κ2) is 16.4. The summed E-state index contributed by atoms with van der Waals surface area (Å²) in [6, 6.07) is 32.0. The number of carbonyl (C=O) groups is 3. The molecule has 3 aliphatic heterocycles. The van der Waals surface area contributed by atoms with E-state index in [0.29, 0.717) is 6.42 Å². The molecule has 1 aliphatic carbocycles. The fraction of sp³-hybridized carbons (Fsp3) is 0.383. The summed E-state index contributed by atoms with van der Waals surface area (Å²) in [5, 5.41) is 25.1. The van der Waals surface area contributed by atoms with Crippen LogP contribution >= 0.6 is 0 Å². The Balaban J connectivity index is 1.10. The average Bonchev–Trinajstić information content (AvgIpc) is 3.81. The minimum absolute atomic E-state index is 0.0336. The van der Waals surface area contributed by atoms with Crippen LogP contribution in [0.4, 0.5) is 0 Å². The Morgan fingerprint density at radius 3 is 2.20 bits per heavy atom. The van der Waals surface area contributed by atoms with Crippen molar-refractivity contribution in [3.05, 3.63) is 143 Å². The molecule has 4 aromatic rings. The molecule has 4 fully saturated rings. The summed E-state index contributed by atoms with van der Waals surface area (Å²) in [5.74, 6) is -2.75. The predicted molar refractivity (Wildman–Crippen MR) is 216 cm³/mol. The molecule has 59 heavy (non-hydrogen) atoms. The summed E-state index contributed by atoms with van der Waals surface area (Å²) in [7, 11) is 0. The molecular weight excluding hydrogens is 753 g/mol. The van der Waals surface area contributed by atoms with Crippen LogP contribution in [0.25, 0.3) is 6.08 Å². The smallest absolute Gasteiger partial charge is 0.327 e. The molecule has 0 aromatic heterocycles. The van der Waals surface area contributed by atoms with Crippen LogP contribution in [0, 0.1) is 5.41 Å². The number of hydrogen-bond acceptors (Lipinski definition) is 11. The van der Waals surface area contributed by atoms with Gasteiger partial charge in [0.05, 0.1) is 19.2 Å². The highest BCUT2D eigenvalue weighted by molar-refractivity contribution is 5.94. The van der Waals surface area contributed by atoms with Crippen molar-refractivity contribution in [3.63, 3.8) is 0 Å². The van der Waals surface area contributed by atoms with Crippen LogP contribution in [0.3, 0.4) is 0 Å². The zero-order chi connectivity index (χ0) is 41.4. The van der Waals surface area contributed by atoms with Crippen LogP contribution in [0.2, 0.25) is 0 Å². The van der Waals surface area contributed by atoms with Crippen LogP contribution in [0.1, 0.15) is 67.9 Å². The minimum Gasteiger partial charge on any atom is -0.508 e. The van der Waals surface area contributed by atoms with Gasteiger partial charge in [0, 0.05) is 24.0 Å². The van der Waals surface area contributed by atoms with E-state index in [1.165, 1.54) is 5.06 Å². The topological polar surface area (TPSA) is 153 Å². The second-order valence-corrected chi connectivity index (χ2v) is 16.7. The number of fused-ring (bicyclic) bond motifs is 4. The number of aromatic hydroxyl groups is 1. The number of aliphatic hydroxyl groups excluding tert-OH is 1. The summed E-state index contributed by atoms with van der Waals surface area (Å²) >= 11 is 0. The Morgan fingerprint density at radius 2 is 1.56 bits per heavy atom. The number of nitrogens with zero attached hydrogens (tertiary/aromatic N) is 1. The van der Waals surface area contributed by atoms with E-state index in [1.54, 1.807) is 32.9 Å². The highest BCUT2D eigenvalue weighted by Crippen LogP contribution is 2.59. The minimum atomic E-state index is -1.51. The molecule has 3 heterocycles. The lowest BCUT2D eigenvalue weighted by molar-refractivity contribution is -0.213. The number of ether oxygens (including phenoxy) is 4. The summed E-state index contributed by atoms with van der Waals surface area (Å²) in [6.45, 7) is 5.02. The number of amides is 1. The summed E-state index contributed by atoms with van der Waals surface area (Å²) in [6.07, 6.45) is 1.15. The van der Waals surface area contributed by atoms with E-state index in [4.69, 9.17) is 23.8 Å². The lowest BCUT2D eigenvalue weighted by atomic mass is 9.62. The van der Waals surface area contributed by atoms with Gasteiger partial charge in [0.25, 0.3) is 0 Å². The molecule has 4 aliphatic rings. The van der Waals surface area contributed by atoms with Gasteiger partial charge >= 0.3 is 11.9 Å². The number of hydroxylamine groups is 2. The van der Waals surface area contributed by atoms with Crippen LogP contribution in [0.5, 0.6) is 5.75 Å². The molecule has 308 valence electrons. The SMILES string of the molecule is CC(C)(C)OC(=O)CCC(CO)NC(=O)C12CC3OC(=O)C1N(Cc1ccc(C=CCc4ccccc4O)cc1)OC2C1OC(c2ccccc2)(c2ccccc2)OC31. The second-order valence-electron chi connectivity index (χ2n) is 16.7. The molecule has 3 saturated heterocycles. The monoisotopic (exact) mass is 802 g/mol. The number of aliphatic hydroxyl groups is 1. The van der Waals surface area contributed by atoms with E-state index in [-0.39, 0.29) is 31.6 Å². The quantitative estimate of drug-likeness (QED) is 0.142. The first-order valence-electron chi connectivity index (χ1n) is 20.2. The van der Waals surface area contributed by atoms with E-state index in [2.05, 4.69) is 5.32 Å². The van der Waals surface area contributed by atoms with Crippen molar-refractivity contribution in [2.45, 2.75) is 101 Å². The predicted octanol–water partition coefficient (Wildman–Crippen LogP) is 5.73. The van der Waals surface area contributed by atoms with Gasteiger partial charge in [-0.15, -0.1) is 0 Å². The maximum absolute atomic E-state index is 15.0. The molecular formula is C47H50N2O10. The molecule has 12 nitrogen and oxygen atoms in total. The molecule has 4 aromatic carbocycles. The summed E-state index contributed by atoms with van der Waals surface area (Å²) < 4.78 is 25.7. The van der Waals surface area contributed by atoms with Gasteiger partial charge in [-0.05, 0) is 56.4 Å². The van der Waals surface area contributed by atoms with Gasteiger partial charge in [-0.2, -0.15) is 5.06 Å². The lowest BCUT2D eigenvalue weighted by Gasteiger charge is -2.49. The van der Waals surface area contributed by atoms with Crippen molar-refractivity contribution in [2.75, 3.05) is 6.61 Å². The van der Waals surface area contributed by atoms with Crippen molar-refractivity contribution in [2.24, 2.45) is 5.41 Å². The number of allylic oxidation sites excluding steroid dienone is 1. The molecule has 0 radical (unpaired) electrons. The summed E-state index contributed by atoms with van der Waals surface area (Å²) in [5.41, 5.74) is 1.83. The molecule has 3 N–H and O–H groups in total. The lowest BCUT2D eigenvalue weighted by Crippen LogP contribution is -2.70. The number of phenolic OH excluding ortho intramolecular Hbond substituents is 1. The van der Waals surface area contributed by atoms with Crippen molar-refractivity contribution < 1.29 is 48.4 Å². The molecule has 8 rings (SSSR count). The first kappa shape index (κ1) is 40.4. The van der Waals surface area contributed by atoms with Gasteiger partial charge in [-0.3, -0.25) is 19.2 Å². The zero-order valence-electron chi connectivity index (χ0n) is 33.4. The average molecular weight is 803 g/mol. The van der Waals surface area contributed by atoms with Gasteiger partial charge in [0.2, 0.25) is 11.7 Å². The normalized spacial score (nSPS) is 26.2. The van der Waals surface area contributed by atoms with Crippen molar-refractivity contribution in [3.8, 4) is 5.75 Å². The number of phenols is 1. The van der Waals surface area contributed by atoms with E-state index in [0.717, 1.165) is 27.8 Å². The third-order valence-electron chi connectivity index (χ3n) is 11.5. The fourth-order valence-electron chi connectivity index (χ4n) is 8.82. The molecule has 1 saturated carbocycles. The van der Waals surface area contributed by atoms with Crippen LogP contribution in [-0.2, 0) is 56.9 Å². The number of esters is 2. The molecule has 7 atom stereocenters. The van der Waals surface area contributed by atoms with E-state index >= 15 is 0 Å². The maximum Gasteiger partial charge on any atom is 0.327 e.